The number of hydrogen-bond acceptors (Lipinski definition) is 3. The Morgan fingerprint density at radius 2 is 2.36 bits per heavy atom. The lowest BCUT2D eigenvalue weighted by atomic mass is 10.2. The van der Waals surface area contributed by atoms with Gasteiger partial charge in [-0.25, -0.2) is 0 Å². The van der Waals surface area contributed by atoms with Gasteiger partial charge in [0.15, 0.2) is 5.78 Å². The van der Waals surface area contributed by atoms with E-state index >= 15 is 0 Å². The Morgan fingerprint density at radius 1 is 1.64 bits per heavy atom. The molecule has 14 heavy (non-hydrogen) atoms. The molecular weight excluding hydrogens is 314 g/mol. The SMILES string of the molecule is Br.CCOc1ccncc1C(=O)CBr. The van der Waals surface area contributed by atoms with Gasteiger partial charge in [0.25, 0.3) is 0 Å². The predicted molar refractivity (Wildman–Crippen MR) is 63.9 cm³/mol. The summed E-state index contributed by atoms with van der Waals surface area (Å²) in [6.07, 6.45) is 3.13. The number of ketones is 1. The van der Waals surface area contributed by atoms with Crippen LogP contribution in [0.3, 0.4) is 0 Å². The van der Waals surface area contributed by atoms with Gasteiger partial charge in [0.2, 0.25) is 0 Å². The molecule has 0 bridgehead atoms. The predicted octanol–water partition coefficient (Wildman–Crippen LogP) is 2.64. The minimum atomic E-state index is -0.0171. The zero-order chi connectivity index (χ0) is 9.68. The summed E-state index contributed by atoms with van der Waals surface area (Å²) >= 11 is 3.10. The fourth-order valence-corrected chi connectivity index (χ4v) is 1.25. The zero-order valence-electron chi connectivity index (χ0n) is 7.70. The molecule has 0 aliphatic carbocycles. The van der Waals surface area contributed by atoms with Gasteiger partial charge >= 0.3 is 0 Å². The van der Waals surface area contributed by atoms with E-state index in [-0.39, 0.29) is 22.8 Å². The van der Waals surface area contributed by atoms with Crippen LogP contribution in [-0.4, -0.2) is 22.7 Å². The van der Waals surface area contributed by atoms with Crippen molar-refractivity contribution in [1.82, 2.24) is 4.98 Å². The van der Waals surface area contributed by atoms with Crippen molar-refractivity contribution >= 4 is 38.7 Å². The van der Waals surface area contributed by atoms with Crippen molar-refractivity contribution in [2.45, 2.75) is 6.92 Å². The van der Waals surface area contributed by atoms with Crippen LogP contribution in [0.4, 0.5) is 0 Å². The standard InChI is InChI=1S/C9H10BrNO2.BrH/c1-2-13-9-3-4-11-6-7(9)8(12)5-10;/h3-4,6H,2,5H2,1H3;1H. The molecule has 0 saturated carbocycles. The first-order chi connectivity index (χ1) is 6.29. The fourth-order valence-electron chi connectivity index (χ4n) is 0.944. The van der Waals surface area contributed by atoms with Crippen LogP contribution in [0.15, 0.2) is 18.5 Å². The molecule has 78 valence electrons. The summed E-state index contributed by atoms with van der Waals surface area (Å²) in [7, 11) is 0. The van der Waals surface area contributed by atoms with Crippen molar-refractivity contribution < 1.29 is 9.53 Å². The molecule has 1 aromatic heterocycles. The minimum absolute atomic E-state index is 0. The molecule has 5 heteroatoms. The molecule has 0 aliphatic heterocycles. The molecule has 1 rings (SSSR count). The molecule has 1 heterocycles. The Balaban J connectivity index is 0.00000169. The van der Waals surface area contributed by atoms with Crippen LogP contribution >= 0.6 is 32.9 Å². The third kappa shape index (κ3) is 3.38. The average Bonchev–Trinajstić information content (AvgIpc) is 2.18. The maximum absolute atomic E-state index is 11.3. The number of nitrogens with zero attached hydrogens (tertiary/aromatic N) is 1. The van der Waals surface area contributed by atoms with Crippen LogP contribution in [0.2, 0.25) is 0 Å². The normalized spacial score (nSPS) is 9.00. The largest absolute Gasteiger partial charge is 0.493 e. The first-order valence-corrected chi connectivity index (χ1v) is 5.07. The number of carbonyl (C=O) groups excluding carboxylic acids is 1. The molecule has 0 spiro atoms. The van der Waals surface area contributed by atoms with Crippen molar-refractivity contribution in [3.05, 3.63) is 24.0 Å². The van der Waals surface area contributed by atoms with Gasteiger partial charge in [0.1, 0.15) is 5.75 Å². The molecule has 0 aliphatic rings. The minimum Gasteiger partial charge on any atom is -0.493 e. The molecule has 0 saturated heterocycles. The van der Waals surface area contributed by atoms with E-state index in [1.807, 2.05) is 6.92 Å². The second-order valence-electron chi connectivity index (χ2n) is 2.36. The zero-order valence-corrected chi connectivity index (χ0v) is 11.0. The molecule has 0 unspecified atom stereocenters. The van der Waals surface area contributed by atoms with Crippen molar-refractivity contribution in [3.63, 3.8) is 0 Å². The number of Topliss-reactive ketones (excluding diaryl/α,β-unsaturated/α-hetero) is 1. The van der Waals surface area contributed by atoms with Crippen LogP contribution in [-0.2, 0) is 0 Å². The summed E-state index contributed by atoms with van der Waals surface area (Å²) in [6.45, 7) is 2.43. The maximum atomic E-state index is 11.3. The molecule has 0 amide bonds. The van der Waals surface area contributed by atoms with Crippen molar-refractivity contribution in [2.75, 3.05) is 11.9 Å². The van der Waals surface area contributed by atoms with Crippen LogP contribution in [0.1, 0.15) is 17.3 Å². The van der Waals surface area contributed by atoms with Crippen LogP contribution < -0.4 is 4.74 Å². The lowest BCUT2D eigenvalue weighted by Crippen LogP contribution is -2.05. The highest BCUT2D eigenvalue weighted by atomic mass is 79.9. The summed E-state index contributed by atoms with van der Waals surface area (Å²) in [6, 6.07) is 1.69. The van der Waals surface area contributed by atoms with E-state index in [4.69, 9.17) is 4.74 Å². The van der Waals surface area contributed by atoms with Gasteiger partial charge in [-0.1, -0.05) is 15.9 Å². The van der Waals surface area contributed by atoms with Gasteiger partial charge in [-0.3, -0.25) is 9.78 Å². The van der Waals surface area contributed by atoms with Gasteiger partial charge in [-0.2, -0.15) is 0 Å². The van der Waals surface area contributed by atoms with Gasteiger partial charge in [0, 0.05) is 12.4 Å². The first kappa shape index (κ1) is 13.6. The number of pyridine rings is 1. The first-order valence-electron chi connectivity index (χ1n) is 3.95. The van der Waals surface area contributed by atoms with E-state index in [2.05, 4.69) is 20.9 Å². The summed E-state index contributed by atoms with van der Waals surface area (Å²) < 4.78 is 5.28. The smallest absolute Gasteiger partial charge is 0.178 e. The number of aromatic nitrogens is 1. The topological polar surface area (TPSA) is 39.2 Å². The summed E-state index contributed by atoms with van der Waals surface area (Å²) in [4.78, 5) is 15.2. The van der Waals surface area contributed by atoms with Crippen LogP contribution in [0, 0.1) is 0 Å². The summed E-state index contributed by atoms with van der Waals surface area (Å²) in [5.41, 5.74) is 0.529. The van der Waals surface area contributed by atoms with Crippen molar-refractivity contribution in [3.8, 4) is 5.75 Å². The molecule has 0 N–H and O–H groups in total. The van der Waals surface area contributed by atoms with E-state index in [9.17, 15) is 4.79 Å². The third-order valence-corrected chi connectivity index (χ3v) is 2.01. The number of carbonyl (C=O) groups is 1. The molecule has 0 radical (unpaired) electrons. The Morgan fingerprint density at radius 3 is 2.93 bits per heavy atom. The van der Waals surface area contributed by atoms with Crippen LogP contribution in [0.25, 0.3) is 0 Å². The lowest BCUT2D eigenvalue weighted by Gasteiger charge is -2.06. The van der Waals surface area contributed by atoms with Gasteiger partial charge in [0.05, 0.1) is 17.5 Å². The number of ether oxygens (including phenoxy) is 1. The van der Waals surface area contributed by atoms with Gasteiger partial charge in [-0.05, 0) is 13.0 Å². The Labute approximate surface area is 102 Å². The van der Waals surface area contributed by atoms with Crippen molar-refractivity contribution in [1.29, 1.82) is 0 Å². The highest BCUT2D eigenvalue weighted by molar-refractivity contribution is 9.09. The van der Waals surface area contributed by atoms with Gasteiger partial charge in [-0.15, -0.1) is 17.0 Å². The highest BCUT2D eigenvalue weighted by Gasteiger charge is 2.10. The molecule has 0 atom stereocenters. The Hall–Kier alpha value is -0.420. The monoisotopic (exact) mass is 323 g/mol. The molecular formula is C9H11Br2NO2. The lowest BCUT2D eigenvalue weighted by molar-refractivity contribution is 0.102. The summed E-state index contributed by atoms with van der Waals surface area (Å²) in [5.74, 6) is 0.582. The summed E-state index contributed by atoms with van der Waals surface area (Å²) in [5, 5.41) is 0.290. The number of alkyl halides is 1. The average molecular weight is 325 g/mol. The van der Waals surface area contributed by atoms with E-state index in [1.54, 1.807) is 12.3 Å². The second-order valence-corrected chi connectivity index (χ2v) is 2.92. The second kappa shape index (κ2) is 6.95. The van der Waals surface area contributed by atoms with E-state index in [1.165, 1.54) is 6.20 Å². The van der Waals surface area contributed by atoms with E-state index in [0.29, 0.717) is 23.2 Å². The number of hydrogen-bond donors (Lipinski definition) is 0. The molecule has 0 aromatic carbocycles. The third-order valence-electron chi connectivity index (χ3n) is 1.50. The van der Waals surface area contributed by atoms with E-state index in [0.717, 1.165) is 0 Å². The van der Waals surface area contributed by atoms with Crippen molar-refractivity contribution in [2.24, 2.45) is 0 Å². The highest BCUT2D eigenvalue weighted by Crippen LogP contribution is 2.17. The molecule has 3 nitrogen and oxygen atoms in total. The number of halogens is 2. The van der Waals surface area contributed by atoms with Crippen LogP contribution in [0.5, 0.6) is 5.75 Å². The Bertz CT molecular complexity index is 305. The Kier molecular flexibility index (Phi) is 6.74. The quantitative estimate of drug-likeness (QED) is 0.631. The number of rotatable bonds is 4. The van der Waals surface area contributed by atoms with Gasteiger partial charge < -0.3 is 4.74 Å². The van der Waals surface area contributed by atoms with E-state index < -0.39 is 0 Å². The molecule has 0 fully saturated rings. The molecule has 1 aromatic rings. The maximum Gasteiger partial charge on any atom is 0.178 e. The fraction of sp³-hybridized carbons (Fsp3) is 0.333.